The van der Waals surface area contributed by atoms with Gasteiger partial charge in [-0.15, -0.1) is 0 Å². The highest BCUT2D eigenvalue weighted by Gasteiger charge is 2.13. The second-order valence-electron chi connectivity index (χ2n) is 4.87. The van der Waals surface area contributed by atoms with E-state index < -0.39 is 0 Å². The van der Waals surface area contributed by atoms with Gasteiger partial charge in [-0.05, 0) is 30.7 Å². The Morgan fingerprint density at radius 3 is 2.52 bits per heavy atom. The molecule has 0 radical (unpaired) electrons. The summed E-state index contributed by atoms with van der Waals surface area (Å²) in [6, 6.07) is 14.1. The van der Waals surface area contributed by atoms with Gasteiger partial charge in [0.2, 0.25) is 5.91 Å². The zero-order valence-corrected chi connectivity index (χ0v) is 12.2. The van der Waals surface area contributed by atoms with Crippen molar-refractivity contribution in [3.8, 4) is 11.5 Å². The Morgan fingerprint density at radius 2 is 1.86 bits per heavy atom. The molecule has 1 unspecified atom stereocenters. The van der Waals surface area contributed by atoms with E-state index in [1.54, 1.807) is 31.4 Å². The van der Waals surface area contributed by atoms with Gasteiger partial charge in [0.1, 0.15) is 11.5 Å². The molecule has 0 aliphatic heterocycles. The van der Waals surface area contributed by atoms with Crippen molar-refractivity contribution in [2.75, 3.05) is 7.11 Å². The molecule has 2 aromatic rings. The molecule has 0 saturated carbocycles. The standard InChI is InChI=1S/C17H19NO3/c1-12(15-5-3-4-6-16(15)21-2)18-17(20)11-13-7-9-14(19)10-8-13/h3-10,12,19H,11H2,1-2H3,(H,18,20). The Labute approximate surface area is 124 Å². The van der Waals surface area contributed by atoms with Crippen molar-refractivity contribution in [2.24, 2.45) is 0 Å². The summed E-state index contributed by atoms with van der Waals surface area (Å²) < 4.78 is 5.30. The van der Waals surface area contributed by atoms with E-state index in [-0.39, 0.29) is 24.1 Å². The van der Waals surface area contributed by atoms with Crippen molar-refractivity contribution in [3.63, 3.8) is 0 Å². The first-order valence-electron chi connectivity index (χ1n) is 6.80. The van der Waals surface area contributed by atoms with Crippen molar-refractivity contribution >= 4 is 5.91 Å². The minimum absolute atomic E-state index is 0.0703. The predicted molar refractivity (Wildman–Crippen MR) is 81.4 cm³/mol. The highest BCUT2D eigenvalue weighted by molar-refractivity contribution is 5.79. The molecule has 110 valence electrons. The van der Waals surface area contributed by atoms with Crippen LogP contribution in [0.1, 0.15) is 24.1 Å². The monoisotopic (exact) mass is 285 g/mol. The molecular formula is C17H19NO3. The molecule has 0 heterocycles. The number of aromatic hydroxyl groups is 1. The van der Waals surface area contributed by atoms with Gasteiger partial charge in [0.25, 0.3) is 0 Å². The Kier molecular flexibility index (Phi) is 4.82. The quantitative estimate of drug-likeness (QED) is 0.888. The summed E-state index contributed by atoms with van der Waals surface area (Å²) in [6.07, 6.45) is 0.278. The second kappa shape index (κ2) is 6.79. The Bertz CT molecular complexity index is 608. The van der Waals surface area contributed by atoms with Gasteiger partial charge in [-0.25, -0.2) is 0 Å². The Morgan fingerprint density at radius 1 is 1.19 bits per heavy atom. The van der Waals surface area contributed by atoms with Gasteiger partial charge in [-0.3, -0.25) is 4.79 Å². The Hall–Kier alpha value is -2.49. The van der Waals surface area contributed by atoms with Crippen LogP contribution < -0.4 is 10.1 Å². The number of para-hydroxylation sites is 1. The van der Waals surface area contributed by atoms with Crippen LogP contribution in [0.3, 0.4) is 0 Å². The molecule has 1 atom stereocenters. The van der Waals surface area contributed by atoms with Crippen LogP contribution in [0.4, 0.5) is 0 Å². The summed E-state index contributed by atoms with van der Waals surface area (Å²) in [6.45, 7) is 1.92. The molecule has 4 nitrogen and oxygen atoms in total. The third kappa shape index (κ3) is 3.99. The molecule has 21 heavy (non-hydrogen) atoms. The number of carbonyl (C=O) groups is 1. The lowest BCUT2D eigenvalue weighted by Gasteiger charge is -2.17. The molecule has 0 bridgehead atoms. The lowest BCUT2D eigenvalue weighted by molar-refractivity contribution is -0.121. The zero-order chi connectivity index (χ0) is 15.2. The lowest BCUT2D eigenvalue weighted by atomic mass is 10.1. The molecular weight excluding hydrogens is 266 g/mol. The summed E-state index contributed by atoms with van der Waals surface area (Å²) in [7, 11) is 1.61. The molecule has 4 heteroatoms. The Balaban J connectivity index is 2.00. The van der Waals surface area contributed by atoms with Gasteiger partial charge in [-0.2, -0.15) is 0 Å². The summed E-state index contributed by atoms with van der Waals surface area (Å²) in [5.74, 6) is 0.885. The van der Waals surface area contributed by atoms with Gasteiger partial charge in [0, 0.05) is 5.56 Å². The normalized spacial score (nSPS) is 11.7. The van der Waals surface area contributed by atoms with E-state index in [1.807, 2.05) is 31.2 Å². The molecule has 2 rings (SSSR count). The van der Waals surface area contributed by atoms with Crippen LogP contribution in [-0.4, -0.2) is 18.1 Å². The van der Waals surface area contributed by atoms with Gasteiger partial charge < -0.3 is 15.2 Å². The molecule has 0 spiro atoms. The maximum absolute atomic E-state index is 12.1. The van der Waals surface area contributed by atoms with E-state index in [0.29, 0.717) is 0 Å². The maximum Gasteiger partial charge on any atom is 0.224 e. The van der Waals surface area contributed by atoms with Crippen LogP contribution in [0.15, 0.2) is 48.5 Å². The topological polar surface area (TPSA) is 58.6 Å². The molecule has 2 N–H and O–H groups in total. The van der Waals surface area contributed by atoms with Crippen molar-refractivity contribution in [3.05, 3.63) is 59.7 Å². The number of phenols is 1. The third-order valence-electron chi connectivity index (χ3n) is 3.28. The molecule has 1 amide bonds. The fourth-order valence-corrected chi connectivity index (χ4v) is 2.19. The highest BCUT2D eigenvalue weighted by Crippen LogP contribution is 2.24. The number of ether oxygens (including phenoxy) is 1. The number of phenolic OH excluding ortho intramolecular Hbond substituents is 1. The molecule has 0 fully saturated rings. The van der Waals surface area contributed by atoms with E-state index in [9.17, 15) is 9.90 Å². The minimum Gasteiger partial charge on any atom is -0.508 e. The van der Waals surface area contributed by atoms with Crippen molar-refractivity contribution < 1.29 is 14.6 Å². The fourth-order valence-electron chi connectivity index (χ4n) is 2.19. The molecule has 2 aromatic carbocycles. The predicted octanol–water partition coefficient (Wildman–Crippen LogP) is 2.82. The van der Waals surface area contributed by atoms with Gasteiger partial charge >= 0.3 is 0 Å². The first kappa shape index (κ1) is 14.9. The van der Waals surface area contributed by atoms with Crippen molar-refractivity contribution in [1.82, 2.24) is 5.32 Å². The van der Waals surface area contributed by atoms with E-state index in [2.05, 4.69) is 5.32 Å². The van der Waals surface area contributed by atoms with Crippen LogP contribution in [-0.2, 0) is 11.2 Å². The highest BCUT2D eigenvalue weighted by atomic mass is 16.5. The maximum atomic E-state index is 12.1. The van der Waals surface area contributed by atoms with Crippen LogP contribution in [0.2, 0.25) is 0 Å². The summed E-state index contributed by atoms with van der Waals surface area (Å²) >= 11 is 0. The van der Waals surface area contributed by atoms with E-state index in [4.69, 9.17) is 4.74 Å². The van der Waals surface area contributed by atoms with Gasteiger partial charge in [0.05, 0.1) is 19.6 Å². The van der Waals surface area contributed by atoms with Crippen LogP contribution >= 0.6 is 0 Å². The number of nitrogens with one attached hydrogen (secondary N) is 1. The average Bonchev–Trinajstić information content (AvgIpc) is 2.49. The van der Waals surface area contributed by atoms with Crippen LogP contribution in [0.25, 0.3) is 0 Å². The smallest absolute Gasteiger partial charge is 0.224 e. The van der Waals surface area contributed by atoms with Crippen LogP contribution in [0, 0.1) is 0 Å². The molecule has 0 aliphatic carbocycles. The van der Waals surface area contributed by atoms with Crippen molar-refractivity contribution in [1.29, 1.82) is 0 Å². The summed E-state index contributed by atoms with van der Waals surface area (Å²) in [4.78, 5) is 12.1. The summed E-state index contributed by atoms with van der Waals surface area (Å²) in [5, 5.41) is 12.2. The first-order valence-corrected chi connectivity index (χ1v) is 6.80. The van der Waals surface area contributed by atoms with Gasteiger partial charge in [-0.1, -0.05) is 30.3 Å². The molecule has 0 aromatic heterocycles. The average molecular weight is 285 g/mol. The number of hydrogen-bond acceptors (Lipinski definition) is 3. The first-order chi connectivity index (χ1) is 10.1. The van der Waals surface area contributed by atoms with Crippen LogP contribution in [0.5, 0.6) is 11.5 Å². The van der Waals surface area contributed by atoms with Gasteiger partial charge in [0.15, 0.2) is 0 Å². The van der Waals surface area contributed by atoms with Crippen molar-refractivity contribution in [2.45, 2.75) is 19.4 Å². The fraction of sp³-hybridized carbons (Fsp3) is 0.235. The van der Waals surface area contributed by atoms with E-state index >= 15 is 0 Å². The number of amides is 1. The lowest BCUT2D eigenvalue weighted by Crippen LogP contribution is -2.28. The van der Waals surface area contributed by atoms with E-state index in [1.165, 1.54) is 0 Å². The number of benzene rings is 2. The number of hydrogen-bond donors (Lipinski definition) is 2. The zero-order valence-electron chi connectivity index (χ0n) is 12.2. The number of rotatable bonds is 5. The SMILES string of the molecule is COc1ccccc1C(C)NC(=O)Cc1ccc(O)cc1. The largest absolute Gasteiger partial charge is 0.508 e. The molecule has 0 aliphatic rings. The second-order valence-corrected chi connectivity index (χ2v) is 4.87. The minimum atomic E-state index is -0.134. The number of carbonyl (C=O) groups excluding carboxylic acids is 1. The molecule has 0 saturated heterocycles. The third-order valence-corrected chi connectivity index (χ3v) is 3.28. The number of methoxy groups -OCH3 is 1. The van der Waals surface area contributed by atoms with E-state index in [0.717, 1.165) is 16.9 Å². The summed E-state index contributed by atoms with van der Waals surface area (Å²) in [5.41, 5.74) is 1.80.